The minimum Gasteiger partial charge on any atom is -0.462 e. The van der Waals surface area contributed by atoms with E-state index >= 15 is 0 Å². The van der Waals surface area contributed by atoms with E-state index in [1.54, 1.807) is 13.8 Å². The lowest BCUT2D eigenvalue weighted by molar-refractivity contribution is -0.118. The van der Waals surface area contributed by atoms with Gasteiger partial charge in [0, 0.05) is 0 Å². The zero-order valence-corrected chi connectivity index (χ0v) is 16.1. The number of nitrogens with two attached hydrogens (primary N) is 1. The number of carbonyl (C=O) groups excluding carboxylic acids is 2. The van der Waals surface area contributed by atoms with Crippen LogP contribution in [0.15, 0.2) is 30.3 Å². The maximum absolute atomic E-state index is 12.2. The smallest absolute Gasteiger partial charge is 0.348 e. The molecule has 27 heavy (non-hydrogen) atoms. The first-order valence-corrected chi connectivity index (χ1v) is 9.29. The van der Waals surface area contributed by atoms with Gasteiger partial charge in [-0.15, -0.1) is 11.3 Å². The number of aryl methyl sites for hydroxylation is 2. The average Bonchev–Trinajstić information content (AvgIpc) is 2.96. The third-order valence-electron chi connectivity index (χ3n) is 4.06. The fraction of sp³-hybridized carbons (Fsp3) is 0.263. The van der Waals surface area contributed by atoms with Crippen LogP contribution < -0.4 is 11.1 Å². The van der Waals surface area contributed by atoms with Crippen molar-refractivity contribution >= 4 is 39.2 Å². The summed E-state index contributed by atoms with van der Waals surface area (Å²) < 4.78 is 5.13. The van der Waals surface area contributed by atoms with Crippen LogP contribution in [0.2, 0.25) is 0 Å². The number of anilines is 1. The van der Waals surface area contributed by atoms with Crippen LogP contribution in [0.4, 0.5) is 5.82 Å². The Morgan fingerprint density at radius 3 is 2.56 bits per heavy atom. The molecule has 0 aliphatic carbocycles. The Morgan fingerprint density at radius 2 is 1.93 bits per heavy atom. The number of hydrogen-bond acceptors (Lipinski definition) is 7. The van der Waals surface area contributed by atoms with Gasteiger partial charge in [-0.1, -0.05) is 30.3 Å². The standard InChI is InChI=1S/C19H20N4O3S/c1-4-26-19(25)15-10(2)13-17(21-11(3)22-18(13)27-15)23-14(16(20)24)12-8-6-5-7-9-12/h5-9,14H,4H2,1-3H3,(H2,20,24)(H,21,22,23)/t14-/m0/s1. The van der Waals surface area contributed by atoms with Gasteiger partial charge < -0.3 is 15.8 Å². The van der Waals surface area contributed by atoms with Crippen LogP contribution in [0.25, 0.3) is 10.2 Å². The van der Waals surface area contributed by atoms with E-state index in [9.17, 15) is 9.59 Å². The van der Waals surface area contributed by atoms with Crippen LogP contribution >= 0.6 is 11.3 Å². The number of amides is 1. The van der Waals surface area contributed by atoms with Crippen LogP contribution in [0, 0.1) is 13.8 Å². The number of fused-ring (bicyclic) bond motifs is 1. The van der Waals surface area contributed by atoms with E-state index in [4.69, 9.17) is 10.5 Å². The quantitative estimate of drug-likeness (QED) is 0.632. The van der Waals surface area contributed by atoms with Crippen LogP contribution in [0.3, 0.4) is 0 Å². The number of ether oxygens (including phenoxy) is 1. The summed E-state index contributed by atoms with van der Waals surface area (Å²) in [7, 11) is 0. The number of carbonyl (C=O) groups is 2. The molecule has 0 radical (unpaired) electrons. The monoisotopic (exact) mass is 384 g/mol. The van der Waals surface area contributed by atoms with Crippen LogP contribution in [0.1, 0.15) is 39.6 Å². The number of hydrogen-bond donors (Lipinski definition) is 2. The molecule has 0 aliphatic rings. The van der Waals surface area contributed by atoms with Crippen molar-refractivity contribution in [2.24, 2.45) is 5.73 Å². The largest absolute Gasteiger partial charge is 0.462 e. The fourth-order valence-electron chi connectivity index (χ4n) is 2.84. The first-order chi connectivity index (χ1) is 12.9. The normalized spacial score (nSPS) is 12.0. The van der Waals surface area contributed by atoms with Gasteiger partial charge in [-0.3, -0.25) is 4.79 Å². The third kappa shape index (κ3) is 3.75. The lowest BCUT2D eigenvalue weighted by Gasteiger charge is -2.17. The molecule has 1 amide bonds. The molecular weight excluding hydrogens is 364 g/mol. The van der Waals surface area contributed by atoms with Gasteiger partial charge in [-0.2, -0.15) is 0 Å². The molecule has 140 valence electrons. The Kier molecular flexibility index (Phi) is 5.36. The van der Waals surface area contributed by atoms with Gasteiger partial charge >= 0.3 is 5.97 Å². The highest BCUT2D eigenvalue weighted by Gasteiger charge is 2.24. The van der Waals surface area contributed by atoms with Crippen molar-refractivity contribution in [1.82, 2.24) is 9.97 Å². The summed E-state index contributed by atoms with van der Waals surface area (Å²) in [6, 6.07) is 8.42. The maximum atomic E-state index is 12.2. The molecule has 1 aromatic carbocycles. The molecule has 3 N–H and O–H groups in total. The van der Waals surface area contributed by atoms with Crippen LogP contribution in [-0.2, 0) is 9.53 Å². The Morgan fingerprint density at radius 1 is 1.22 bits per heavy atom. The molecule has 8 heteroatoms. The molecule has 0 fully saturated rings. The van der Waals surface area contributed by atoms with Crippen molar-refractivity contribution in [2.75, 3.05) is 11.9 Å². The van der Waals surface area contributed by atoms with Crippen molar-refractivity contribution in [3.8, 4) is 0 Å². The molecule has 3 rings (SSSR count). The number of primary amides is 1. The highest BCUT2D eigenvalue weighted by atomic mass is 32.1. The van der Waals surface area contributed by atoms with E-state index < -0.39 is 17.9 Å². The molecule has 0 aliphatic heterocycles. The highest BCUT2D eigenvalue weighted by Crippen LogP contribution is 2.35. The van der Waals surface area contributed by atoms with Gasteiger partial charge in [-0.05, 0) is 31.9 Å². The minimum absolute atomic E-state index is 0.292. The van der Waals surface area contributed by atoms with Crippen LogP contribution in [0.5, 0.6) is 0 Å². The summed E-state index contributed by atoms with van der Waals surface area (Å²) >= 11 is 1.25. The van der Waals surface area contributed by atoms with Crippen molar-refractivity contribution in [3.05, 3.63) is 52.2 Å². The Labute approximate surface area is 160 Å². The number of nitrogens with one attached hydrogen (secondary N) is 1. The molecule has 1 atom stereocenters. The molecule has 0 bridgehead atoms. The number of nitrogens with zero attached hydrogens (tertiary/aromatic N) is 2. The molecule has 2 aromatic heterocycles. The SMILES string of the molecule is CCOC(=O)c1sc2nc(C)nc(N[C@H](C(N)=O)c3ccccc3)c2c1C. The van der Waals surface area contributed by atoms with E-state index in [2.05, 4.69) is 15.3 Å². The first kappa shape index (κ1) is 18.8. The molecule has 2 heterocycles. The Hall–Kier alpha value is -3.00. The molecule has 0 saturated heterocycles. The molecule has 7 nitrogen and oxygen atoms in total. The minimum atomic E-state index is -0.756. The van der Waals surface area contributed by atoms with E-state index in [1.165, 1.54) is 11.3 Å². The number of thiophene rings is 1. The van der Waals surface area contributed by atoms with Crippen molar-refractivity contribution in [2.45, 2.75) is 26.8 Å². The number of rotatable bonds is 6. The maximum Gasteiger partial charge on any atom is 0.348 e. The van der Waals surface area contributed by atoms with Gasteiger partial charge in [0.25, 0.3) is 0 Å². The summed E-state index contributed by atoms with van der Waals surface area (Å²) in [4.78, 5) is 34.3. The molecule has 0 saturated carbocycles. The summed E-state index contributed by atoms with van der Waals surface area (Å²) in [5.74, 6) is 0.0765. The molecule has 0 spiro atoms. The molecular formula is C19H20N4O3S. The van der Waals surface area contributed by atoms with E-state index in [-0.39, 0.29) is 0 Å². The second kappa shape index (κ2) is 7.71. The topological polar surface area (TPSA) is 107 Å². The zero-order chi connectivity index (χ0) is 19.6. The van der Waals surface area contributed by atoms with Gasteiger partial charge in [0.1, 0.15) is 27.4 Å². The second-order valence-corrected chi connectivity index (χ2v) is 6.97. The summed E-state index contributed by atoms with van der Waals surface area (Å²) in [5, 5.41) is 3.82. The van der Waals surface area contributed by atoms with Gasteiger partial charge in [0.2, 0.25) is 5.91 Å². The predicted octanol–water partition coefficient (Wildman–Crippen LogP) is 3.12. The Balaban J connectivity index is 2.10. The predicted molar refractivity (Wildman–Crippen MR) is 105 cm³/mol. The third-order valence-corrected chi connectivity index (χ3v) is 5.23. The lowest BCUT2D eigenvalue weighted by atomic mass is 10.1. The number of benzene rings is 1. The molecule has 0 unspecified atom stereocenters. The lowest BCUT2D eigenvalue weighted by Crippen LogP contribution is -2.28. The Bertz CT molecular complexity index is 1000. The van der Waals surface area contributed by atoms with Gasteiger partial charge in [-0.25, -0.2) is 14.8 Å². The zero-order valence-electron chi connectivity index (χ0n) is 15.3. The number of aromatic nitrogens is 2. The molecule has 3 aromatic rings. The van der Waals surface area contributed by atoms with Crippen molar-refractivity contribution in [1.29, 1.82) is 0 Å². The van der Waals surface area contributed by atoms with Gasteiger partial charge in [0.05, 0.1) is 12.0 Å². The summed E-state index contributed by atoms with van der Waals surface area (Å²) in [5.41, 5.74) is 7.06. The summed E-state index contributed by atoms with van der Waals surface area (Å²) in [6.07, 6.45) is 0. The van der Waals surface area contributed by atoms with E-state index in [0.29, 0.717) is 38.9 Å². The fourth-order valence-corrected chi connectivity index (χ4v) is 3.96. The first-order valence-electron chi connectivity index (χ1n) is 8.48. The van der Waals surface area contributed by atoms with Gasteiger partial charge in [0.15, 0.2) is 0 Å². The number of esters is 1. The average molecular weight is 384 g/mol. The van der Waals surface area contributed by atoms with E-state index in [0.717, 1.165) is 5.56 Å². The second-order valence-electron chi connectivity index (χ2n) is 5.97. The van der Waals surface area contributed by atoms with E-state index in [1.807, 2.05) is 37.3 Å². The van der Waals surface area contributed by atoms with Crippen LogP contribution in [-0.4, -0.2) is 28.5 Å². The summed E-state index contributed by atoms with van der Waals surface area (Å²) in [6.45, 7) is 5.62. The van der Waals surface area contributed by atoms with Crippen molar-refractivity contribution in [3.63, 3.8) is 0 Å². The van der Waals surface area contributed by atoms with Crippen molar-refractivity contribution < 1.29 is 14.3 Å². The highest BCUT2D eigenvalue weighted by molar-refractivity contribution is 7.20.